The van der Waals surface area contributed by atoms with E-state index in [1.807, 2.05) is 0 Å². The minimum Gasteiger partial charge on any atom is -0.469 e. The molecule has 2 fully saturated rings. The van der Waals surface area contributed by atoms with E-state index in [4.69, 9.17) is 4.74 Å². The maximum atomic E-state index is 12.6. The fourth-order valence-corrected chi connectivity index (χ4v) is 4.62. The van der Waals surface area contributed by atoms with Crippen LogP contribution in [-0.4, -0.2) is 56.3 Å². The van der Waals surface area contributed by atoms with Crippen LogP contribution in [0.2, 0.25) is 0 Å². The van der Waals surface area contributed by atoms with Crippen LogP contribution in [-0.2, 0) is 19.7 Å². The SMILES string of the molecule is COC(=O)[C@H]1CCCN(S(=O)(=O)N2CCC(C)CC2)C1. The molecular formula is C13H24N2O4S. The molecule has 1 atom stereocenters. The fraction of sp³-hybridized carbons (Fsp3) is 0.923. The molecule has 2 saturated heterocycles. The number of nitrogens with zero attached hydrogens (tertiary/aromatic N) is 2. The minimum absolute atomic E-state index is 0.251. The predicted octanol–water partition coefficient (Wildman–Crippen LogP) is 0.848. The lowest BCUT2D eigenvalue weighted by Gasteiger charge is -2.37. The summed E-state index contributed by atoms with van der Waals surface area (Å²) >= 11 is 0. The van der Waals surface area contributed by atoms with E-state index < -0.39 is 10.2 Å². The standard InChI is InChI=1S/C13H24N2O4S/c1-11-5-8-14(9-6-11)20(17,18)15-7-3-4-12(10-15)13(16)19-2/h11-12H,3-10H2,1-2H3/t12-/m0/s1. The molecular weight excluding hydrogens is 280 g/mol. The van der Waals surface area contributed by atoms with Gasteiger partial charge in [-0.1, -0.05) is 6.92 Å². The van der Waals surface area contributed by atoms with Gasteiger partial charge in [-0.05, 0) is 31.6 Å². The largest absolute Gasteiger partial charge is 0.469 e. The van der Waals surface area contributed by atoms with Gasteiger partial charge in [-0.3, -0.25) is 4.79 Å². The summed E-state index contributed by atoms with van der Waals surface area (Å²) in [5.74, 6) is -0.0463. The molecule has 2 heterocycles. The molecule has 116 valence electrons. The molecule has 2 aliphatic heterocycles. The molecule has 7 heteroatoms. The van der Waals surface area contributed by atoms with Crippen LogP contribution in [0.5, 0.6) is 0 Å². The molecule has 2 aliphatic rings. The fourth-order valence-electron chi connectivity index (χ4n) is 2.89. The van der Waals surface area contributed by atoms with E-state index in [0.717, 1.165) is 12.8 Å². The second-order valence-corrected chi connectivity index (χ2v) is 7.74. The van der Waals surface area contributed by atoms with E-state index in [0.29, 0.717) is 38.4 Å². The zero-order valence-electron chi connectivity index (χ0n) is 12.2. The second-order valence-electron chi connectivity index (χ2n) is 5.81. The third-order valence-corrected chi connectivity index (χ3v) is 6.32. The van der Waals surface area contributed by atoms with Crippen LogP contribution in [0, 0.1) is 11.8 Å². The summed E-state index contributed by atoms with van der Waals surface area (Å²) in [4.78, 5) is 11.6. The first-order valence-corrected chi connectivity index (χ1v) is 8.68. The number of piperidine rings is 2. The van der Waals surface area contributed by atoms with E-state index in [-0.39, 0.29) is 18.4 Å². The lowest BCUT2D eigenvalue weighted by Crippen LogP contribution is -2.51. The van der Waals surface area contributed by atoms with E-state index in [1.54, 1.807) is 4.31 Å². The van der Waals surface area contributed by atoms with Crippen LogP contribution >= 0.6 is 0 Å². The van der Waals surface area contributed by atoms with Gasteiger partial charge in [0.15, 0.2) is 0 Å². The molecule has 0 N–H and O–H groups in total. The summed E-state index contributed by atoms with van der Waals surface area (Å²) in [6, 6.07) is 0. The van der Waals surface area contributed by atoms with E-state index in [1.165, 1.54) is 11.4 Å². The highest BCUT2D eigenvalue weighted by Gasteiger charge is 2.37. The number of esters is 1. The molecule has 0 amide bonds. The van der Waals surface area contributed by atoms with Crippen molar-refractivity contribution in [2.75, 3.05) is 33.3 Å². The number of carbonyl (C=O) groups is 1. The van der Waals surface area contributed by atoms with Crippen LogP contribution in [0.25, 0.3) is 0 Å². The Morgan fingerprint density at radius 2 is 1.75 bits per heavy atom. The van der Waals surface area contributed by atoms with Crippen molar-refractivity contribution < 1.29 is 17.9 Å². The van der Waals surface area contributed by atoms with Gasteiger partial charge in [-0.15, -0.1) is 0 Å². The van der Waals surface area contributed by atoms with Crippen molar-refractivity contribution in [3.05, 3.63) is 0 Å². The highest BCUT2D eigenvalue weighted by molar-refractivity contribution is 7.86. The molecule has 0 bridgehead atoms. The first kappa shape index (κ1) is 15.7. The Morgan fingerprint density at radius 3 is 2.35 bits per heavy atom. The van der Waals surface area contributed by atoms with Gasteiger partial charge in [0.05, 0.1) is 13.0 Å². The first-order valence-electron chi connectivity index (χ1n) is 7.28. The molecule has 0 radical (unpaired) electrons. The molecule has 0 aromatic rings. The van der Waals surface area contributed by atoms with Gasteiger partial charge < -0.3 is 4.74 Å². The Kier molecular flexibility index (Phi) is 5.04. The summed E-state index contributed by atoms with van der Waals surface area (Å²) in [6.07, 6.45) is 3.24. The van der Waals surface area contributed by atoms with Crippen LogP contribution in [0.4, 0.5) is 0 Å². The lowest BCUT2D eigenvalue weighted by molar-refractivity contribution is -0.146. The molecule has 2 rings (SSSR count). The lowest BCUT2D eigenvalue weighted by atomic mass is 10.0. The summed E-state index contributed by atoms with van der Waals surface area (Å²) in [6.45, 7) is 4.08. The molecule has 6 nitrogen and oxygen atoms in total. The van der Waals surface area contributed by atoms with Gasteiger partial charge in [-0.25, -0.2) is 0 Å². The third-order valence-electron chi connectivity index (χ3n) is 4.31. The normalized spacial score (nSPS) is 27.4. The monoisotopic (exact) mass is 304 g/mol. The molecule has 0 aromatic carbocycles. The van der Waals surface area contributed by atoms with Crippen LogP contribution < -0.4 is 0 Å². The summed E-state index contributed by atoms with van der Waals surface area (Å²) in [5, 5.41) is 0. The number of carbonyl (C=O) groups excluding carboxylic acids is 1. The average molecular weight is 304 g/mol. The molecule has 0 spiro atoms. The summed E-state index contributed by atoms with van der Waals surface area (Å²) < 4.78 is 33.0. The van der Waals surface area contributed by atoms with Crippen molar-refractivity contribution in [1.82, 2.24) is 8.61 Å². The Bertz CT molecular complexity index is 443. The van der Waals surface area contributed by atoms with Gasteiger partial charge in [0.2, 0.25) is 0 Å². The number of methoxy groups -OCH3 is 1. The van der Waals surface area contributed by atoms with Crippen molar-refractivity contribution in [2.24, 2.45) is 11.8 Å². The molecule has 0 aromatic heterocycles. The Morgan fingerprint density at radius 1 is 1.10 bits per heavy atom. The third kappa shape index (κ3) is 3.32. The zero-order chi connectivity index (χ0) is 14.8. The van der Waals surface area contributed by atoms with Crippen molar-refractivity contribution in [1.29, 1.82) is 0 Å². The summed E-state index contributed by atoms with van der Waals surface area (Å²) in [7, 11) is -2.08. The predicted molar refractivity (Wildman–Crippen MR) is 75.2 cm³/mol. The van der Waals surface area contributed by atoms with Gasteiger partial charge >= 0.3 is 5.97 Å². The van der Waals surface area contributed by atoms with Crippen LogP contribution in [0.15, 0.2) is 0 Å². The number of ether oxygens (including phenoxy) is 1. The second kappa shape index (κ2) is 6.41. The topological polar surface area (TPSA) is 66.9 Å². The van der Waals surface area contributed by atoms with Crippen molar-refractivity contribution >= 4 is 16.2 Å². The highest BCUT2D eigenvalue weighted by Crippen LogP contribution is 2.25. The first-order chi connectivity index (χ1) is 9.45. The van der Waals surface area contributed by atoms with Gasteiger partial charge in [0.25, 0.3) is 10.2 Å². The molecule has 20 heavy (non-hydrogen) atoms. The van der Waals surface area contributed by atoms with Crippen LogP contribution in [0.1, 0.15) is 32.6 Å². The van der Waals surface area contributed by atoms with E-state index in [9.17, 15) is 13.2 Å². The Labute approximate surface area is 121 Å². The maximum Gasteiger partial charge on any atom is 0.309 e. The molecule has 0 saturated carbocycles. The van der Waals surface area contributed by atoms with Gasteiger partial charge in [0, 0.05) is 26.2 Å². The minimum atomic E-state index is -3.42. The number of rotatable bonds is 3. The van der Waals surface area contributed by atoms with E-state index >= 15 is 0 Å². The Hall–Kier alpha value is -0.660. The maximum absolute atomic E-state index is 12.6. The number of hydrogen-bond acceptors (Lipinski definition) is 4. The average Bonchev–Trinajstić information content (AvgIpc) is 2.47. The van der Waals surface area contributed by atoms with E-state index in [2.05, 4.69) is 6.92 Å². The van der Waals surface area contributed by atoms with Crippen molar-refractivity contribution in [3.8, 4) is 0 Å². The number of hydrogen-bond donors (Lipinski definition) is 0. The smallest absolute Gasteiger partial charge is 0.309 e. The van der Waals surface area contributed by atoms with Crippen LogP contribution in [0.3, 0.4) is 0 Å². The molecule has 0 unspecified atom stereocenters. The highest BCUT2D eigenvalue weighted by atomic mass is 32.2. The van der Waals surface area contributed by atoms with Crippen molar-refractivity contribution in [3.63, 3.8) is 0 Å². The quantitative estimate of drug-likeness (QED) is 0.725. The van der Waals surface area contributed by atoms with Crippen molar-refractivity contribution in [2.45, 2.75) is 32.6 Å². The summed E-state index contributed by atoms with van der Waals surface area (Å²) in [5.41, 5.74) is 0. The Balaban J connectivity index is 2.03. The van der Waals surface area contributed by atoms with Gasteiger partial charge in [-0.2, -0.15) is 17.0 Å². The molecule has 0 aliphatic carbocycles. The zero-order valence-corrected chi connectivity index (χ0v) is 13.1. The van der Waals surface area contributed by atoms with Gasteiger partial charge in [0.1, 0.15) is 0 Å².